The summed E-state index contributed by atoms with van der Waals surface area (Å²) < 4.78 is 1.99. The van der Waals surface area contributed by atoms with E-state index in [4.69, 9.17) is 11.6 Å². The molecule has 1 N–H and O–H groups in total. The molecule has 0 saturated carbocycles. The topological polar surface area (TPSA) is 76.6 Å². The summed E-state index contributed by atoms with van der Waals surface area (Å²) in [5.74, 6) is 0.0970. The van der Waals surface area contributed by atoms with Crippen LogP contribution in [0.1, 0.15) is 11.1 Å². The molecular formula is C24H20ClN3O3S. The van der Waals surface area contributed by atoms with Crippen molar-refractivity contribution >= 4 is 44.9 Å². The van der Waals surface area contributed by atoms with E-state index in [1.165, 1.54) is 25.9 Å². The van der Waals surface area contributed by atoms with Crippen molar-refractivity contribution in [2.24, 2.45) is 19.1 Å². The van der Waals surface area contributed by atoms with Crippen LogP contribution in [0, 0.1) is 0 Å². The molecule has 0 saturated heterocycles. The second kappa shape index (κ2) is 9.06. The van der Waals surface area contributed by atoms with Crippen LogP contribution >= 0.6 is 23.4 Å². The molecule has 0 fully saturated rings. The van der Waals surface area contributed by atoms with Gasteiger partial charge in [-0.15, -0.1) is 11.8 Å². The Kier molecular flexibility index (Phi) is 6.21. The molecule has 0 radical (unpaired) electrons. The van der Waals surface area contributed by atoms with Crippen LogP contribution in [0.4, 0.5) is 5.69 Å². The molecule has 1 heterocycles. The zero-order valence-corrected chi connectivity index (χ0v) is 19.0. The minimum atomic E-state index is -0.610. The third kappa shape index (κ3) is 4.35. The lowest BCUT2D eigenvalue weighted by atomic mass is 10.1. The van der Waals surface area contributed by atoms with Gasteiger partial charge in [0.2, 0.25) is 5.88 Å². The molecule has 4 aromatic rings. The lowest BCUT2D eigenvalue weighted by molar-refractivity contribution is 0.410. The fraction of sp³-hybridized carbons (Fsp3) is 0.125. The van der Waals surface area contributed by atoms with E-state index >= 15 is 0 Å². The number of hydrogen-bond donors (Lipinski definition) is 1. The van der Waals surface area contributed by atoms with Crippen LogP contribution in [0.5, 0.6) is 5.88 Å². The van der Waals surface area contributed by atoms with Gasteiger partial charge in [-0.2, -0.15) is 0 Å². The zero-order chi connectivity index (χ0) is 22.8. The minimum Gasteiger partial charge on any atom is -0.494 e. The monoisotopic (exact) mass is 465 g/mol. The van der Waals surface area contributed by atoms with Crippen LogP contribution in [-0.2, 0) is 19.8 Å². The molecule has 0 bridgehead atoms. The largest absolute Gasteiger partial charge is 0.494 e. The molecule has 1 aromatic heterocycles. The van der Waals surface area contributed by atoms with Gasteiger partial charge in [0.15, 0.2) is 0 Å². The highest BCUT2D eigenvalue weighted by Gasteiger charge is 2.21. The summed E-state index contributed by atoms with van der Waals surface area (Å²) in [6.07, 6.45) is 0. The van der Waals surface area contributed by atoms with Crippen LogP contribution in [0.2, 0.25) is 5.02 Å². The van der Waals surface area contributed by atoms with Gasteiger partial charge < -0.3 is 5.11 Å². The highest BCUT2D eigenvalue weighted by Crippen LogP contribution is 2.27. The summed E-state index contributed by atoms with van der Waals surface area (Å²) >= 11 is 7.29. The molecule has 4 rings (SSSR count). The number of halogens is 1. The summed E-state index contributed by atoms with van der Waals surface area (Å²) in [6, 6.07) is 21.1. The highest BCUT2D eigenvalue weighted by atomic mass is 35.5. The van der Waals surface area contributed by atoms with E-state index in [2.05, 4.69) is 11.1 Å². The normalized spacial score (nSPS) is 11.8. The van der Waals surface area contributed by atoms with E-state index in [0.717, 1.165) is 25.5 Å². The van der Waals surface area contributed by atoms with E-state index < -0.39 is 17.1 Å². The Balaban J connectivity index is 1.79. The number of aliphatic imine (C=N–C) groups is 1. The van der Waals surface area contributed by atoms with E-state index in [1.807, 2.05) is 36.4 Å². The van der Waals surface area contributed by atoms with Gasteiger partial charge in [0.25, 0.3) is 5.56 Å². The highest BCUT2D eigenvalue weighted by molar-refractivity contribution is 8.13. The van der Waals surface area contributed by atoms with Crippen molar-refractivity contribution < 1.29 is 5.11 Å². The SMILES string of the molecule is Cn1c(O)c(C(=Nc2ccc(Cl)cc2)SCc2ccc3ccccc3c2)c(=O)n(C)c1=O. The molecule has 0 aliphatic carbocycles. The molecular weight excluding hydrogens is 446 g/mol. The summed E-state index contributed by atoms with van der Waals surface area (Å²) in [5.41, 5.74) is 0.380. The smallest absolute Gasteiger partial charge is 0.333 e. The van der Waals surface area contributed by atoms with Crippen molar-refractivity contribution in [3.8, 4) is 5.88 Å². The summed E-state index contributed by atoms with van der Waals surface area (Å²) in [6.45, 7) is 0. The minimum absolute atomic E-state index is 0.0182. The van der Waals surface area contributed by atoms with Crippen LogP contribution in [0.25, 0.3) is 10.8 Å². The maximum Gasteiger partial charge on any atom is 0.333 e. The summed E-state index contributed by atoms with van der Waals surface area (Å²) in [7, 11) is 2.79. The number of rotatable bonds is 4. The quantitative estimate of drug-likeness (QED) is 0.353. The number of hydrogen-bond acceptors (Lipinski definition) is 5. The van der Waals surface area contributed by atoms with Crippen molar-refractivity contribution in [1.82, 2.24) is 9.13 Å². The lowest BCUT2D eigenvalue weighted by Gasteiger charge is -2.13. The van der Waals surface area contributed by atoms with Crippen molar-refractivity contribution in [3.05, 3.63) is 104 Å². The Bertz CT molecular complexity index is 1460. The van der Waals surface area contributed by atoms with Crippen LogP contribution in [-0.4, -0.2) is 19.3 Å². The number of nitrogens with zero attached hydrogens (tertiary/aromatic N) is 3. The van der Waals surface area contributed by atoms with Crippen molar-refractivity contribution in [3.63, 3.8) is 0 Å². The van der Waals surface area contributed by atoms with Crippen molar-refractivity contribution in [1.29, 1.82) is 0 Å². The molecule has 0 spiro atoms. The third-order valence-electron chi connectivity index (χ3n) is 5.09. The Morgan fingerprint density at radius 2 is 1.66 bits per heavy atom. The average molecular weight is 466 g/mol. The first-order valence-electron chi connectivity index (χ1n) is 9.79. The van der Waals surface area contributed by atoms with E-state index in [1.54, 1.807) is 24.3 Å². The molecule has 162 valence electrons. The van der Waals surface area contributed by atoms with Crippen LogP contribution in [0.3, 0.4) is 0 Å². The Morgan fingerprint density at radius 3 is 2.38 bits per heavy atom. The molecule has 0 unspecified atom stereocenters. The van der Waals surface area contributed by atoms with Gasteiger partial charge in [-0.1, -0.05) is 54.1 Å². The molecule has 0 aliphatic heterocycles. The van der Waals surface area contributed by atoms with Crippen molar-refractivity contribution in [2.45, 2.75) is 5.75 Å². The number of fused-ring (bicyclic) bond motifs is 1. The molecule has 0 amide bonds. The van der Waals surface area contributed by atoms with Gasteiger partial charge in [-0.25, -0.2) is 9.79 Å². The number of aromatic hydroxyl groups is 1. The molecule has 8 heteroatoms. The van der Waals surface area contributed by atoms with Gasteiger partial charge in [-0.3, -0.25) is 13.9 Å². The number of aromatic nitrogens is 2. The second-order valence-electron chi connectivity index (χ2n) is 7.27. The molecule has 32 heavy (non-hydrogen) atoms. The van der Waals surface area contributed by atoms with E-state index in [0.29, 0.717) is 21.5 Å². The fourth-order valence-corrected chi connectivity index (χ4v) is 4.40. The fourth-order valence-electron chi connectivity index (χ4n) is 3.29. The average Bonchev–Trinajstić information content (AvgIpc) is 2.81. The summed E-state index contributed by atoms with van der Waals surface area (Å²) in [5, 5.41) is 13.8. The van der Waals surface area contributed by atoms with E-state index in [9.17, 15) is 14.7 Å². The predicted octanol–water partition coefficient (Wildman–Crippen LogP) is 4.61. The zero-order valence-electron chi connectivity index (χ0n) is 17.4. The number of thioether (sulfide) groups is 1. The van der Waals surface area contributed by atoms with Crippen LogP contribution < -0.4 is 11.2 Å². The molecule has 0 atom stereocenters. The van der Waals surface area contributed by atoms with Gasteiger partial charge in [0, 0.05) is 24.9 Å². The third-order valence-corrected chi connectivity index (χ3v) is 6.39. The summed E-state index contributed by atoms with van der Waals surface area (Å²) in [4.78, 5) is 29.7. The Hall–Kier alpha value is -3.29. The second-order valence-corrected chi connectivity index (χ2v) is 8.67. The van der Waals surface area contributed by atoms with E-state index in [-0.39, 0.29) is 5.56 Å². The first-order chi connectivity index (χ1) is 15.3. The molecule has 3 aromatic carbocycles. The van der Waals surface area contributed by atoms with Gasteiger partial charge >= 0.3 is 5.69 Å². The Labute approximate surface area is 193 Å². The molecule has 0 aliphatic rings. The first kappa shape index (κ1) is 21.9. The predicted molar refractivity (Wildman–Crippen MR) is 131 cm³/mol. The number of benzene rings is 3. The van der Waals surface area contributed by atoms with Crippen LogP contribution in [0.15, 0.2) is 81.3 Å². The van der Waals surface area contributed by atoms with Crippen molar-refractivity contribution in [2.75, 3.05) is 0 Å². The molecule has 6 nitrogen and oxygen atoms in total. The van der Waals surface area contributed by atoms with Gasteiger partial charge in [-0.05, 0) is 40.6 Å². The maximum atomic E-state index is 12.9. The van der Waals surface area contributed by atoms with Gasteiger partial charge in [0.05, 0.1) is 5.69 Å². The van der Waals surface area contributed by atoms with Gasteiger partial charge in [0.1, 0.15) is 10.6 Å². The standard InChI is InChI=1S/C24H20ClN3O3S/c1-27-22(29)20(23(30)28(2)24(27)31)21(26-19-11-9-18(25)10-12-19)32-14-15-7-8-16-5-3-4-6-17(16)13-15/h3-13,29H,14H2,1-2H3. The Morgan fingerprint density at radius 1 is 0.969 bits per heavy atom. The first-order valence-corrected chi connectivity index (χ1v) is 11.2. The maximum absolute atomic E-state index is 12.9. The lowest BCUT2D eigenvalue weighted by Crippen LogP contribution is -2.39.